The second-order valence-electron chi connectivity index (χ2n) is 3.56. The maximum absolute atomic E-state index is 13.4. The molecule has 1 aliphatic heterocycles. The summed E-state index contributed by atoms with van der Waals surface area (Å²) in [6.45, 7) is 0.885. The van der Waals surface area contributed by atoms with Crippen LogP contribution < -0.4 is 0 Å². The predicted molar refractivity (Wildman–Crippen MR) is 51.9 cm³/mol. The van der Waals surface area contributed by atoms with Crippen molar-refractivity contribution < 1.29 is 23.4 Å². The summed E-state index contributed by atoms with van der Waals surface area (Å²) in [5.74, 6) is -1.55. The number of ether oxygens (including phenoxy) is 2. The maximum atomic E-state index is 13.4. The highest BCUT2D eigenvalue weighted by Gasteiger charge is 2.29. The Bertz CT molecular complexity index is 344. The van der Waals surface area contributed by atoms with Crippen LogP contribution >= 0.6 is 0 Å². The highest BCUT2D eigenvalue weighted by Crippen LogP contribution is 2.26. The molecular weight excluding hydrogens is 218 g/mol. The Hall–Kier alpha value is -1.04. The summed E-state index contributed by atoms with van der Waals surface area (Å²) in [7, 11) is 0. The van der Waals surface area contributed by atoms with Crippen molar-refractivity contribution in [1.82, 2.24) is 0 Å². The quantitative estimate of drug-likeness (QED) is 0.835. The van der Waals surface area contributed by atoms with Crippen LogP contribution in [0, 0.1) is 11.6 Å². The average molecular weight is 230 g/mol. The summed E-state index contributed by atoms with van der Waals surface area (Å²) in [6.07, 6.45) is -2.07. The number of hydrogen-bond donors (Lipinski definition) is 1. The third-order valence-electron chi connectivity index (χ3n) is 2.49. The Kier molecular flexibility index (Phi) is 3.48. The van der Waals surface area contributed by atoms with Gasteiger partial charge in [-0.3, -0.25) is 0 Å². The molecule has 2 atom stereocenters. The van der Waals surface area contributed by atoms with E-state index in [4.69, 9.17) is 9.47 Å². The molecule has 88 valence electrons. The molecule has 1 aromatic carbocycles. The third-order valence-corrected chi connectivity index (χ3v) is 2.49. The van der Waals surface area contributed by atoms with Gasteiger partial charge in [0.25, 0.3) is 0 Å². The smallest absolute Gasteiger partial charge is 0.132 e. The van der Waals surface area contributed by atoms with Gasteiger partial charge in [-0.1, -0.05) is 6.07 Å². The zero-order chi connectivity index (χ0) is 11.5. The first-order valence-electron chi connectivity index (χ1n) is 5.01. The molecule has 1 fully saturated rings. The molecule has 0 aromatic heterocycles. The number of rotatable bonds is 2. The van der Waals surface area contributed by atoms with E-state index in [2.05, 4.69) is 0 Å². The van der Waals surface area contributed by atoms with E-state index < -0.39 is 23.8 Å². The molecular formula is C11H12F2O3. The van der Waals surface area contributed by atoms with E-state index in [1.54, 1.807) is 0 Å². The van der Waals surface area contributed by atoms with Crippen molar-refractivity contribution >= 4 is 0 Å². The molecule has 5 heteroatoms. The van der Waals surface area contributed by atoms with E-state index in [1.165, 1.54) is 6.07 Å². The molecule has 0 amide bonds. The van der Waals surface area contributed by atoms with Crippen LogP contribution in [0.3, 0.4) is 0 Å². The lowest BCUT2D eigenvalue weighted by Gasteiger charge is -2.27. The lowest BCUT2D eigenvalue weighted by Crippen LogP contribution is -2.34. The number of hydrogen-bond acceptors (Lipinski definition) is 3. The molecule has 2 rings (SSSR count). The molecule has 0 radical (unpaired) electrons. The first kappa shape index (κ1) is 11.4. The van der Waals surface area contributed by atoms with Crippen molar-refractivity contribution in [2.75, 3.05) is 19.8 Å². The Morgan fingerprint density at radius 2 is 1.94 bits per heavy atom. The second kappa shape index (κ2) is 4.86. The Balaban J connectivity index is 2.22. The van der Waals surface area contributed by atoms with Crippen LogP contribution in [0.4, 0.5) is 8.78 Å². The fraction of sp³-hybridized carbons (Fsp3) is 0.455. The largest absolute Gasteiger partial charge is 0.385 e. The first-order valence-corrected chi connectivity index (χ1v) is 5.01. The zero-order valence-corrected chi connectivity index (χ0v) is 8.53. The van der Waals surface area contributed by atoms with E-state index in [9.17, 15) is 13.9 Å². The summed E-state index contributed by atoms with van der Waals surface area (Å²) >= 11 is 0. The highest BCUT2D eigenvalue weighted by molar-refractivity contribution is 5.23. The summed E-state index contributed by atoms with van der Waals surface area (Å²) in [5, 5.41) is 9.82. The summed E-state index contributed by atoms with van der Waals surface area (Å²) in [6, 6.07) is 3.45. The number of halogens is 2. The van der Waals surface area contributed by atoms with Crippen molar-refractivity contribution in [3.05, 3.63) is 35.4 Å². The average Bonchev–Trinajstić information content (AvgIpc) is 2.30. The molecule has 16 heavy (non-hydrogen) atoms. The molecule has 1 aromatic rings. The van der Waals surface area contributed by atoms with Gasteiger partial charge in [-0.15, -0.1) is 0 Å². The Morgan fingerprint density at radius 1 is 1.25 bits per heavy atom. The fourth-order valence-corrected chi connectivity index (χ4v) is 1.67. The Labute approximate surface area is 91.6 Å². The lowest BCUT2D eigenvalue weighted by atomic mass is 10.0. The van der Waals surface area contributed by atoms with E-state index in [0.717, 1.165) is 12.1 Å². The minimum absolute atomic E-state index is 0.134. The van der Waals surface area contributed by atoms with E-state index in [0.29, 0.717) is 13.2 Å². The molecule has 3 nitrogen and oxygen atoms in total. The van der Waals surface area contributed by atoms with Crippen molar-refractivity contribution in [3.63, 3.8) is 0 Å². The number of benzene rings is 1. The third kappa shape index (κ3) is 2.21. The molecule has 1 heterocycles. The van der Waals surface area contributed by atoms with E-state index >= 15 is 0 Å². The molecule has 0 bridgehead atoms. The van der Waals surface area contributed by atoms with Crippen LogP contribution in [0.15, 0.2) is 18.2 Å². The summed E-state index contributed by atoms with van der Waals surface area (Å²) in [5.41, 5.74) is -0.363. The number of aliphatic hydroxyl groups excluding tert-OH is 1. The van der Waals surface area contributed by atoms with Crippen LogP contribution in [-0.2, 0) is 9.47 Å². The van der Waals surface area contributed by atoms with Crippen LogP contribution in [0.1, 0.15) is 11.7 Å². The van der Waals surface area contributed by atoms with Gasteiger partial charge in [0.2, 0.25) is 0 Å². The van der Waals surface area contributed by atoms with Gasteiger partial charge >= 0.3 is 0 Å². The zero-order valence-electron chi connectivity index (χ0n) is 8.53. The minimum atomic E-state index is -1.35. The van der Waals surface area contributed by atoms with Gasteiger partial charge in [0.15, 0.2) is 0 Å². The van der Waals surface area contributed by atoms with Crippen molar-refractivity contribution in [2.45, 2.75) is 12.2 Å². The van der Waals surface area contributed by atoms with E-state index in [-0.39, 0.29) is 12.2 Å². The van der Waals surface area contributed by atoms with Crippen molar-refractivity contribution in [1.29, 1.82) is 0 Å². The summed E-state index contributed by atoms with van der Waals surface area (Å²) < 4.78 is 37.0. The summed E-state index contributed by atoms with van der Waals surface area (Å²) in [4.78, 5) is 0. The van der Waals surface area contributed by atoms with Gasteiger partial charge in [0.05, 0.1) is 25.4 Å². The van der Waals surface area contributed by atoms with Crippen molar-refractivity contribution in [3.8, 4) is 0 Å². The molecule has 0 saturated carbocycles. The highest BCUT2D eigenvalue weighted by atomic mass is 19.1. The molecule has 0 aliphatic carbocycles. The van der Waals surface area contributed by atoms with Gasteiger partial charge in [0, 0.05) is 0 Å². The maximum Gasteiger partial charge on any atom is 0.132 e. The molecule has 0 spiro atoms. The fourth-order valence-electron chi connectivity index (χ4n) is 1.67. The van der Waals surface area contributed by atoms with Crippen LogP contribution in [0.25, 0.3) is 0 Å². The SMILES string of the molecule is OC(c1c(F)cccc1F)C1COCCO1. The van der Waals surface area contributed by atoms with Crippen LogP contribution in [-0.4, -0.2) is 31.0 Å². The van der Waals surface area contributed by atoms with E-state index in [1.807, 2.05) is 0 Å². The van der Waals surface area contributed by atoms with Gasteiger partial charge in [-0.2, -0.15) is 0 Å². The van der Waals surface area contributed by atoms with Crippen molar-refractivity contribution in [2.24, 2.45) is 0 Å². The van der Waals surface area contributed by atoms with Crippen LogP contribution in [0.5, 0.6) is 0 Å². The molecule has 1 aliphatic rings. The normalized spacial score (nSPS) is 23.1. The Morgan fingerprint density at radius 3 is 2.50 bits per heavy atom. The first-order chi connectivity index (χ1) is 7.70. The van der Waals surface area contributed by atoms with Crippen LogP contribution in [0.2, 0.25) is 0 Å². The standard InChI is InChI=1S/C11H12F2O3/c12-7-2-1-3-8(13)10(7)11(14)9-6-15-4-5-16-9/h1-3,9,11,14H,4-6H2. The van der Waals surface area contributed by atoms with Gasteiger partial charge in [-0.05, 0) is 12.1 Å². The predicted octanol–water partition coefficient (Wildman–Crippen LogP) is 1.41. The topological polar surface area (TPSA) is 38.7 Å². The number of aliphatic hydroxyl groups is 1. The lowest BCUT2D eigenvalue weighted by molar-refractivity contribution is -0.134. The van der Waals surface area contributed by atoms with Gasteiger partial charge in [-0.25, -0.2) is 8.78 Å². The molecule has 1 N–H and O–H groups in total. The monoisotopic (exact) mass is 230 g/mol. The second-order valence-corrected chi connectivity index (χ2v) is 3.56. The van der Waals surface area contributed by atoms with Gasteiger partial charge < -0.3 is 14.6 Å². The molecule has 2 unspecified atom stereocenters. The van der Waals surface area contributed by atoms with Gasteiger partial charge in [0.1, 0.15) is 23.8 Å². The molecule has 1 saturated heterocycles. The minimum Gasteiger partial charge on any atom is -0.385 e.